The molecule has 26 heavy (non-hydrogen) atoms. The Hall–Kier alpha value is -2.17. The van der Waals surface area contributed by atoms with Gasteiger partial charge in [-0.15, -0.1) is 0 Å². The molecule has 0 amide bonds. The number of carbonyl (C=O) groups excluding carboxylic acids is 1. The zero-order chi connectivity index (χ0) is 18.6. The number of rotatable bonds is 6. The molecule has 4 heteroatoms. The third-order valence-corrected chi connectivity index (χ3v) is 5.35. The summed E-state index contributed by atoms with van der Waals surface area (Å²) >= 11 is 0. The lowest BCUT2D eigenvalue weighted by atomic mass is 9.86. The SMILES string of the molecule is CC1(C)CCCN1CCOC(=O)C(O)(c1ccccc1)c1ccccc1. The van der Waals surface area contributed by atoms with Crippen molar-refractivity contribution in [1.82, 2.24) is 4.90 Å². The monoisotopic (exact) mass is 353 g/mol. The number of ether oxygens (including phenoxy) is 1. The van der Waals surface area contributed by atoms with E-state index in [4.69, 9.17) is 4.74 Å². The van der Waals surface area contributed by atoms with Crippen LogP contribution in [0.15, 0.2) is 60.7 Å². The second-order valence-electron chi connectivity index (χ2n) is 7.48. The third-order valence-electron chi connectivity index (χ3n) is 5.35. The van der Waals surface area contributed by atoms with Crippen LogP contribution in [-0.2, 0) is 15.1 Å². The van der Waals surface area contributed by atoms with Gasteiger partial charge in [0.2, 0.25) is 5.60 Å². The Morgan fingerprint density at radius 3 is 2.08 bits per heavy atom. The van der Waals surface area contributed by atoms with Crippen molar-refractivity contribution in [3.8, 4) is 0 Å². The smallest absolute Gasteiger partial charge is 0.347 e. The molecule has 1 N–H and O–H groups in total. The van der Waals surface area contributed by atoms with Crippen LogP contribution in [0, 0.1) is 0 Å². The Bertz CT molecular complexity index is 688. The zero-order valence-corrected chi connectivity index (χ0v) is 15.5. The number of carbonyl (C=O) groups is 1. The van der Waals surface area contributed by atoms with Crippen LogP contribution in [0.25, 0.3) is 0 Å². The summed E-state index contributed by atoms with van der Waals surface area (Å²) in [5, 5.41) is 11.3. The Morgan fingerprint density at radius 1 is 1.08 bits per heavy atom. The van der Waals surface area contributed by atoms with E-state index in [-0.39, 0.29) is 12.1 Å². The number of hydrogen-bond donors (Lipinski definition) is 1. The first-order valence-electron chi connectivity index (χ1n) is 9.20. The van der Waals surface area contributed by atoms with Crippen molar-refractivity contribution in [2.75, 3.05) is 19.7 Å². The molecule has 2 aromatic carbocycles. The van der Waals surface area contributed by atoms with Crippen molar-refractivity contribution in [3.05, 3.63) is 71.8 Å². The van der Waals surface area contributed by atoms with E-state index in [0.717, 1.165) is 13.0 Å². The van der Waals surface area contributed by atoms with E-state index in [2.05, 4.69) is 18.7 Å². The first kappa shape index (κ1) is 18.6. The Morgan fingerprint density at radius 2 is 1.62 bits per heavy atom. The fraction of sp³-hybridized carbons (Fsp3) is 0.409. The summed E-state index contributed by atoms with van der Waals surface area (Å²) in [6.07, 6.45) is 2.32. The van der Waals surface area contributed by atoms with Crippen LogP contribution in [-0.4, -0.2) is 41.2 Å². The lowest BCUT2D eigenvalue weighted by Crippen LogP contribution is -2.42. The summed E-state index contributed by atoms with van der Waals surface area (Å²) in [7, 11) is 0. The number of benzene rings is 2. The lowest BCUT2D eigenvalue weighted by Gasteiger charge is -2.32. The fourth-order valence-electron chi connectivity index (χ4n) is 3.69. The molecule has 0 unspecified atom stereocenters. The second-order valence-corrected chi connectivity index (χ2v) is 7.48. The van der Waals surface area contributed by atoms with Crippen molar-refractivity contribution in [2.24, 2.45) is 0 Å². The maximum atomic E-state index is 12.9. The Kier molecular flexibility index (Phi) is 5.44. The van der Waals surface area contributed by atoms with E-state index in [0.29, 0.717) is 17.7 Å². The van der Waals surface area contributed by atoms with E-state index in [9.17, 15) is 9.90 Å². The number of likely N-dealkylation sites (tertiary alicyclic amines) is 1. The van der Waals surface area contributed by atoms with Crippen molar-refractivity contribution in [3.63, 3.8) is 0 Å². The van der Waals surface area contributed by atoms with E-state index in [1.165, 1.54) is 6.42 Å². The minimum Gasteiger partial charge on any atom is -0.462 e. The molecule has 3 rings (SSSR count). The first-order chi connectivity index (χ1) is 12.4. The number of hydrogen-bond acceptors (Lipinski definition) is 4. The predicted octanol–water partition coefficient (Wildman–Crippen LogP) is 3.34. The van der Waals surface area contributed by atoms with Crippen molar-refractivity contribution < 1.29 is 14.6 Å². The molecule has 4 nitrogen and oxygen atoms in total. The van der Waals surface area contributed by atoms with Gasteiger partial charge in [0.15, 0.2) is 0 Å². The molecule has 1 aliphatic rings. The van der Waals surface area contributed by atoms with Gasteiger partial charge >= 0.3 is 5.97 Å². The van der Waals surface area contributed by atoms with Crippen LogP contribution in [0.5, 0.6) is 0 Å². The normalized spacial score (nSPS) is 17.2. The molecule has 0 aliphatic carbocycles. The van der Waals surface area contributed by atoms with Gasteiger partial charge in [-0.1, -0.05) is 60.7 Å². The van der Waals surface area contributed by atoms with Crippen LogP contribution in [0.2, 0.25) is 0 Å². The summed E-state index contributed by atoms with van der Waals surface area (Å²) in [4.78, 5) is 15.2. The van der Waals surface area contributed by atoms with Crippen molar-refractivity contribution >= 4 is 5.97 Å². The van der Waals surface area contributed by atoms with Gasteiger partial charge in [-0.05, 0) is 44.4 Å². The van der Waals surface area contributed by atoms with Gasteiger partial charge in [0, 0.05) is 12.1 Å². The second kappa shape index (κ2) is 7.60. The summed E-state index contributed by atoms with van der Waals surface area (Å²) in [6.45, 7) is 6.40. The van der Waals surface area contributed by atoms with Gasteiger partial charge in [-0.25, -0.2) is 4.79 Å². The minimum absolute atomic E-state index is 0.140. The highest BCUT2D eigenvalue weighted by Gasteiger charge is 2.41. The topological polar surface area (TPSA) is 49.8 Å². The molecule has 0 atom stereocenters. The Balaban J connectivity index is 1.76. The maximum absolute atomic E-state index is 12.9. The lowest BCUT2D eigenvalue weighted by molar-refractivity contribution is -0.162. The summed E-state index contributed by atoms with van der Waals surface area (Å²) < 4.78 is 5.54. The maximum Gasteiger partial charge on any atom is 0.347 e. The van der Waals surface area contributed by atoms with E-state index in [1.54, 1.807) is 24.3 Å². The van der Waals surface area contributed by atoms with Gasteiger partial charge in [-0.3, -0.25) is 4.90 Å². The minimum atomic E-state index is -1.80. The highest BCUT2D eigenvalue weighted by atomic mass is 16.5. The highest BCUT2D eigenvalue weighted by molar-refractivity contribution is 5.85. The molecule has 0 radical (unpaired) electrons. The molecule has 138 valence electrons. The van der Waals surface area contributed by atoms with Gasteiger partial charge in [-0.2, -0.15) is 0 Å². The quantitative estimate of drug-likeness (QED) is 0.809. The average molecular weight is 353 g/mol. The molecule has 0 saturated carbocycles. The molecule has 1 fully saturated rings. The molecule has 0 bridgehead atoms. The van der Waals surface area contributed by atoms with E-state index < -0.39 is 11.6 Å². The molecule has 1 saturated heterocycles. The number of esters is 1. The average Bonchev–Trinajstić information content (AvgIpc) is 3.00. The summed E-state index contributed by atoms with van der Waals surface area (Å²) in [5.41, 5.74) is -0.639. The highest BCUT2D eigenvalue weighted by Crippen LogP contribution is 2.31. The zero-order valence-electron chi connectivity index (χ0n) is 15.5. The molecule has 0 spiro atoms. The fourth-order valence-corrected chi connectivity index (χ4v) is 3.69. The van der Waals surface area contributed by atoms with Crippen LogP contribution in [0.4, 0.5) is 0 Å². The van der Waals surface area contributed by atoms with Crippen LogP contribution < -0.4 is 0 Å². The van der Waals surface area contributed by atoms with Crippen molar-refractivity contribution in [1.29, 1.82) is 0 Å². The largest absolute Gasteiger partial charge is 0.462 e. The number of aliphatic hydroxyl groups is 1. The molecular formula is C22H27NO3. The predicted molar refractivity (Wildman–Crippen MR) is 102 cm³/mol. The van der Waals surface area contributed by atoms with Crippen LogP contribution >= 0.6 is 0 Å². The van der Waals surface area contributed by atoms with E-state index >= 15 is 0 Å². The van der Waals surface area contributed by atoms with Crippen LogP contribution in [0.1, 0.15) is 37.8 Å². The van der Waals surface area contributed by atoms with Gasteiger partial charge < -0.3 is 9.84 Å². The standard InChI is InChI=1S/C22H27NO3/c1-21(2)14-9-15-23(21)16-17-26-20(24)22(25,18-10-5-3-6-11-18)19-12-7-4-8-13-19/h3-8,10-13,25H,9,14-17H2,1-2H3. The molecular weight excluding hydrogens is 326 g/mol. The first-order valence-corrected chi connectivity index (χ1v) is 9.20. The van der Waals surface area contributed by atoms with Gasteiger partial charge in [0.25, 0.3) is 0 Å². The van der Waals surface area contributed by atoms with E-state index in [1.807, 2.05) is 36.4 Å². The Labute approximate surface area is 155 Å². The molecule has 2 aromatic rings. The number of nitrogens with zero attached hydrogens (tertiary/aromatic N) is 1. The van der Waals surface area contributed by atoms with Gasteiger partial charge in [0.05, 0.1) is 0 Å². The summed E-state index contributed by atoms with van der Waals surface area (Å²) in [5.74, 6) is -0.632. The molecule has 0 aromatic heterocycles. The molecule has 1 aliphatic heterocycles. The third kappa shape index (κ3) is 3.67. The molecule has 1 heterocycles. The van der Waals surface area contributed by atoms with Crippen LogP contribution in [0.3, 0.4) is 0 Å². The van der Waals surface area contributed by atoms with Crippen molar-refractivity contribution in [2.45, 2.75) is 37.8 Å². The van der Waals surface area contributed by atoms with Gasteiger partial charge in [0.1, 0.15) is 6.61 Å². The summed E-state index contributed by atoms with van der Waals surface area (Å²) in [6, 6.07) is 17.9.